The average molecular weight is 421 g/mol. The molecule has 0 aliphatic heterocycles. The molecule has 0 bridgehead atoms. The van der Waals surface area contributed by atoms with Crippen molar-refractivity contribution >= 4 is 40.8 Å². The quantitative estimate of drug-likeness (QED) is 0.417. The predicted molar refractivity (Wildman–Crippen MR) is 126 cm³/mol. The van der Waals surface area contributed by atoms with Crippen molar-refractivity contribution in [3.63, 3.8) is 0 Å². The summed E-state index contributed by atoms with van der Waals surface area (Å²) >= 11 is 11.8. The molecule has 0 saturated heterocycles. The molecule has 0 aliphatic carbocycles. The normalized spacial score (nSPS) is 10.2. The number of hydrogen-bond donors (Lipinski definition) is 1. The average Bonchev–Trinajstić information content (AvgIpc) is 3.26. The van der Waals surface area contributed by atoms with Gasteiger partial charge in [0.05, 0.1) is 0 Å². The lowest BCUT2D eigenvalue weighted by atomic mass is 9.39. The van der Waals surface area contributed by atoms with Gasteiger partial charge in [0.2, 0.25) is 6.71 Å². The minimum Gasteiger partial charge on any atom is -0.348 e. The second-order valence-electron chi connectivity index (χ2n) is 6.73. The molecule has 29 heavy (non-hydrogen) atoms. The maximum Gasteiger partial charge on any atom is 0.209 e. The van der Waals surface area contributed by atoms with Gasteiger partial charge in [0.15, 0.2) is 0 Å². The fourth-order valence-corrected chi connectivity index (χ4v) is 3.75. The minimum atomic E-state index is 0.535. The van der Waals surface area contributed by atoms with Gasteiger partial charge in [-0.3, -0.25) is 0 Å². The van der Waals surface area contributed by atoms with Gasteiger partial charge in [-0.15, -0.1) is 0 Å². The second-order valence-corrected chi connectivity index (χ2v) is 7.57. The van der Waals surface area contributed by atoms with E-state index in [1.54, 1.807) is 18.5 Å². The zero-order valence-corrected chi connectivity index (χ0v) is 17.9. The van der Waals surface area contributed by atoms with Crippen LogP contribution in [0.15, 0.2) is 91.3 Å². The van der Waals surface area contributed by atoms with E-state index in [9.17, 15) is 0 Å². The van der Waals surface area contributed by atoms with Crippen LogP contribution in [-0.4, -0.2) is 16.7 Å². The molecule has 4 rings (SSSR count). The van der Waals surface area contributed by atoms with Gasteiger partial charge >= 0.3 is 0 Å². The zero-order chi connectivity index (χ0) is 20.5. The number of aromatic amines is 1. The Kier molecular flexibility index (Phi) is 7.98. The van der Waals surface area contributed by atoms with Gasteiger partial charge in [-0.2, -0.15) is 0 Å². The van der Waals surface area contributed by atoms with Crippen molar-refractivity contribution in [2.45, 2.75) is 19.7 Å². The molecule has 0 aliphatic rings. The van der Waals surface area contributed by atoms with Crippen LogP contribution in [0.1, 0.15) is 18.3 Å². The summed E-state index contributed by atoms with van der Waals surface area (Å²) in [6.07, 6.45) is 5.36. The summed E-state index contributed by atoms with van der Waals surface area (Å²) in [7, 11) is 0. The summed E-state index contributed by atoms with van der Waals surface area (Å²) in [6.45, 7) is 2.78. The van der Waals surface area contributed by atoms with Crippen molar-refractivity contribution < 1.29 is 0 Å². The molecule has 1 N–H and O–H groups in total. The highest BCUT2D eigenvalue weighted by Gasteiger charge is 2.15. The highest BCUT2D eigenvalue weighted by molar-refractivity contribution is 6.85. The van der Waals surface area contributed by atoms with Gasteiger partial charge in [-0.05, 0) is 17.7 Å². The maximum atomic E-state index is 6.02. The third-order valence-electron chi connectivity index (χ3n) is 4.74. The van der Waals surface area contributed by atoms with E-state index in [4.69, 9.17) is 23.2 Å². The number of nitrogens with zero attached hydrogens (tertiary/aromatic N) is 1. The summed E-state index contributed by atoms with van der Waals surface area (Å²) in [5.74, 6) is 0.897. The first-order valence-electron chi connectivity index (χ1n) is 9.69. The van der Waals surface area contributed by atoms with Crippen LogP contribution < -0.4 is 10.9 Å². The molecule has 1 aromatic heterocycles. The van der Waals surface area contributed by atoms with Crippen LogP contribution in [0.3, 0.4) is 0 Å². The van der Waals surface area contributed by atoms with Crippen LogP contribution in [0.4, 0.5) is 0 Å². The number of benzene rings is 3. The Morgan fingerprint density at radius 3 is 1.97 bits per heavy atom. The molecule has 2 nitrogen and oxygen atoms in total. The minimum absolute atomic E-state index is 0.535. The second kappa shape index (κ2) is 10.9. The third-order valence-corrected chi connectivity index (χ3v) is 5.33. The standard InChI is InChI=1S/C14H15B.C10H8Cl2N2/c1-2-15(13-9-5-3-6-10-13)14-11-7-4-8-12-14;11-8-2-1-7(9(12)6-8)5-10-13-3-4-14-10/h3-12H,2H2,1H3;1-4,6H,5H2,(H,13,14). The molecule has 0 amide bonds. The number of H-pyrrole nitrogens is 1. The Morgan fingerprint density at radius 1 is 0.862 bits per heavy atom. The van der Waals surface area contributed by atoms with Crippen LogP contribution in [0.5, 0.6) is 0 Å². The van der Waals surface area contributed by atoms with Gasteiger partial charge in [0.25, 0.3) is 0 Å². The Balaban J connectivity index is 0.000000166. The van der Waals surface area contributed by atoms with E-state index in [0.717, 1.165) is 17.7 Å². The lowest BCUT2D eigenvalue weighted by molar-refractivity contribution is 1.03. The van der Waals surface area contributed by atoms with Crippen molar-refractivity contribution in [1.29, 1.82) is 0 Å². The van der Waals surface area contributed by atoms with Gasteiger partial charge < -0.3 is 4.98 Å². The lowest BCUT2D eigenvalue weighted by Crippen LogP contribution is -2.41. The smallest absolute Gasteiger partial charge is 0.209 e. The SMILES string of the molecule is CCB(c1ccccc1)c1ccccc1.Clc1ccc(Cc2ncc[nH]2)c(Cl)c1. The number of hydrogen-bond acceptors (Lipinski definition) is 1. The Hall–Kier alpha value is -2.49. The van der Waals surface area contributed by atoms with E-state index in [2.05, 4.69) is 77.6 Å². The van der Waals surface area contributed by atoms with Crippen LogP contribution in [-0.2, 0) is 6.42 Å². The lowest BCUT2D eigenvalue weighted by Gasteiger charge is -2.11. The number of aromatic nitrogens is 2. The van der Waals surface area contributed by atoms with Gasteiger partial charge in [-0.1, -0.05) is 114 Å². The van der Waals surface area contributed by atoms with E-state index < -0.39 is 0 Å². The first kappa shape index (κ1) is 21.2. The van der Waals surface area contributed by atoms with Gasteiger partial charge in [0, 0.05) is 28.9 Å². The van der Waals surface area contributed by atoms with Gasteiger partial charge in [0.1, 0.15) is 5.82 Å². The summed E-state index contributed by atoms with van der Waals surface area (Å²) in [4.78, 5) is 7.15. The third kappa shape index (κ3) is 6.25. The fourth-order valence-electron chi connectivity index (χ4n) is 3.27. The first-order chi connectivity index (χ1) is 14.2. The molecule has 146 valence electrons. The Bertz CT molecular complexity index is 951. The molecule has 0 spiro atoms. The summed E-state index contributed by atoms with van der Waals surface area (Å²) in [5, 5.41) is 1.33. The highest BCUT2D eigenvalue weighted by atomic mass is 35.5. The van der Waals surface area contributed by atoms with E-state index >= 15 is 0 Å². The molecular formula is C24H23BCl2N2. The Morgan fingerprint density at radius 2 is 1.48 bits per heavy atom. The predicted octanol–water partition coefficient (Wildman–Crippen LogP) is 5.62. The van der Waals surface area contributed by atoms with Gasteiger partial charge in [-0.25, -0.2) is 4.98 Å². The fraction of sp³-hybridized carbons (Fsp3) is 0.125. The summed E-state index contributed by atoms with van der Waals surface area (Å²) in [6, 6.07) is 26.9. The van der Waals surface area contributed by atoms with Crippen LogP contribution in [0.2, 0.25) is 16.4 Å². The molecule has 1 heterocycles. The van der Waals surface area contributed by atoms with Crippen molar-refractivity contribution in [2.75, 3.05) is 0 Å². The van der Waals surface area contributed by atoms with Crippen molar-refractivity contribution in [2.24, 2.45) is 0 Å². The summed E-state index contributed by atoms with van der Waals surface area (Å²) in [5.41, 5.74) is 3.84. The molecule has 0 saturated carbocycles. The van der Waals surface area contributed by atoms with E-state index in [-0.39, 0.29) is 0 Å². The molecule has 5 heteroatoms. The number of nitrogens with one attached hydrogen (secondary N) is 1. The van der Waals surface area contributed by atoms with E-state index in [0.29, 0.717) is 23.2 Å². The number of rotatable bonds is 5. The zero-order valence-electron chi connectivity index (χ0n) is 16.4. The van der Waals surface area contributed by atoms with Crippen LogP contribution >= 0.6 is 23.2 Å². The number of halogens is 2. The summed E-state index contributed by atoms with van der Waals surface area (Å²) < 4.78 is 0. The molecule has 3 aromatic carbocycles. The topological polar surface area (TPSA) is 28.7 Å². The van der Waals surface area contributed by atoms with E-state index in [1.165, 1.54) is 10.9 Å². The van der Waals surface area contributed by atoms with Crippen LogP contribution in [0.25, 0.3) is 0 Å². The number of imidazole rings is 1. The van der Waals surface area contributed by atoms with Crippen molar-refractivity contribution in [3.8, 4) is 0 Å². The van der Waals surface area contributed by atoms with Crippen LogP contribution in [0, 0.1) is 0 Å². The molecule has 4 aromatic rings. The maximum absolute atomic E-state index is 6.02. The Labute approximate surface area is 183 Å². The first-order valence-corrected chi connectivity index (χ1v) is 10.4. The largest absolute Gasteiger partial charge is 0.348 e. The van der Waals surface area contributed by atoms with Crippen molar-refractivity contribution in [3.05, 3.63) is 113 Å². The monoisotopic (exact) mass is 420 g/mol. The van der Waals surface area contributed by atoms with E-state index in [1.807, 2.05) is 12.1 Å². The molecular weight excluding hydrogens is 398 g/mol. The highest BCUT2D eigenvalue weighted by Crippen LogP contribution is 2.22. The molecule has 0 radical (unpaired) electrons. The van der Waals surface area contributed by atoms with Crippen molar-refractivity contribution in [1.82, 2.24) is 9.97 Å². The molecule has 0 fully saturated rings. The molecule has 0 atom stereocenters. The molecule has 0 unspecified atom stereocenters.